The molecule has 1 aromatic carbocycles. The number of amides is 4. The number of hydrogen-bond acceptors (Lipinski definition) is 14. The second-order valence-electron chi connectivity index (χ2n) is 13.3. The Kier molecular flexibility index (Phi) is 9.28. The van der Waals surface area contributed by atoms with Crippen LogP contribution in [0, 0.1) is 0 Å². The summed E-state index contributed by atoms with van der Waals surface area (Å²) in [7, 11) is 3.30. The molecule has 0 spiro atoms. The first-order valence-corrected chi connectivity index (χ1v) is 18.4. The van der Waals surface area contributed by atoms with E-state index in [4.69, 9.17) is 28.9 Å². The first kappa shape index (κ1) is 35.3. The van der Waals surface area contributed by atoms with Gasteiger partial charge in [-0.3, -0.25) is 0 Å². The maximum atomic E-state index is 12.9. The number of benzene rings is 1. The summed E-state index contributed by atoms with van der Waals surface area (Å²) in [6.07, 6.45) is 7.96. The maximum Gasteiger partial charge on any atom is 0.415 e. The van der Waals surface area contributed by atoms with Gasteiger partial charge in [-0.1, -0.05) is 6.07 Å². The number of aromatic nitrogens is 7. The number of ether oxygens (including phenoxy) is 4. The minimum absolute atomic E-state index is 0.157. The minimum atomic E-state index is -0.396. The molecule has 9 rings (SSSR count). The zero-order chi connectivity index (χ0) is 38.9. The van der Waals surface area contributed by atoms with Gasteiger partial charge in [0, 0.05) is 38.3 Å². The van der Waals surface area contributed by atoms with Crippen LogP contribution in [0.3, 0.4) is 0 Å². The molecule has 21 heteroatoms. The second kappa shape index (κ2) is 15.0. The third-order valence-electron chi connectivity index (χ3n) is 9.58. The molecule has 57 heavy (non-hydrogen) atoms. The van der Waals surface area contributed by atoms with Crippen LogP contribution >= 0.6 is 0 Å². The summed E-state index contributed by atoms with van der Waals surface area (Å²) >= 11 is 0. The van der Waals surface area contributed by atoms with Gasteiger partial charge in [0.25, 0.3) is 5.75 Å². The lowest BCUT2D eigenvalue weighted by atomic mass is 9.93. The Morgan fingerprint density at radius 1 is 0.772 bits per heavy atom. The highest BCUT2D eigenvalue weighted by Gasteiger charge is 2.29. The monoisotopic (exact) mass is 778 g/mol. The standard InChI is InChI=1S/C36H39N15O6/c1-37-28-15-26(47-32-23(17-40-50(28)32)45-35(52)38-2)44-22-9-10-49(34-31(22)56-13-14-57-34)19-39-29-16-27(43-21-7-4-8-25-30(21)55-12-11-54-25)48-33-24(18-41-51(29)33)46-36(53)42-20-5-3-6-20/h4,7-10,15-18,20H,3,5-6,11-14,19H2,1-2H3,(H7,37,38,39,40,41,42,43,45,46,47,48,52,53)/p+1. The third-order valence-corrected chi connectivity index (χ3v) is 9.58. The predicted molar refractivity (Wildman–Crippen MR) is 209 cm³/mol. The van der Waals surface area contributed by atoms with Gasteiger partial charge in [0.15, 0.2) is 29.0 Å². The first-order valence-electron chi connectivity index (χ1n) is 18.4. The largest absolute Gasteiger partial charge is 0.486 e. The number of nitrogens with one attached hydrogen (secondary N) is 8. The van der Waals surface area contributed by atoms with E-state index in [-0.39, 0.29) is 18.7 Å². The summed E-state index contributed by atoms with van der Waals surface area (Å²) in [5, 5.41) is 33.5. The molecule has 8 N–H and O–H groups in total. The molecule has 0 radical (unpaired) electrons. The van der Waals surface area contributed by atoms with Gasteiger partial charge in [-0.15, -0.1) is 4.57 Å². The van der Waals surface area contributed by atoms with Gasteiger partial charge in [-0.2, -0.15) is 19.2 Å². The Morgan fingerprint density at radius 2 is 1.42 bits per heavy atom. The van der Waals surface area contributed by atoms with Crippen LogP contribution in [0.4, 0.5) is 55.6 Å². The van der Waals surface area contributed by atoms with Crippen LogP contribution in [0.25, 0.3) is 11.3 Å². The highest BCUT2D eigenvalue weighted by Crippen LogP contribution is 2.40. The van der Waals surface area contributed by atoms with Crippen LogP contribution in [0.1, 0.15) is 19.3 Å². The van der Waals surface area contributed by atoms with Crippen LogP contribution in [-0.2, 0) is 6.67 Å². The molecule has 2 aliphatic heterocycles. The molecule has 21 nitrogen and oxygen atoms in total. The minimum Gasteiger partial charge on any atom is -0.486 e. The molecule has 0 atom stereocenters. The number of rotatable bonds is 11. The lowest BCUT2D eigenvalue weighted by Gasteiger charge is -2.26. The molecule has 0 bridgehead atoms. The summed E-state index contributed by atoms with van der Waals surface area (Å²) in [6.45, 7) is 1.79. The van der Waals surface area contributed by atoms with E-state index >= 15 is 0 Å². The fourth-order valence-corrected chi connectivity index (χ4v) is 6.58. The number of carbonyl (C=O) groups excluding carboxylic acids is 2. The molecular formula is C36H40N15O6+. The fourth-order valence-electron chi connectivity index (χ4n) is 6.58. The van der Waals surface area contributed by atoms with E-state index in [1.165, 1.54) is 13.2 Å². The number of nitrogens with zero attached hydrogens (tertiary/aromatic N) is 7. The van der Waals surface area contributed by atoms with Crippen LogP contribution in [0.15, 0.2) is 55.0 Å². The van der Waals surface area contributed by atoms with Crippen molar-refractivity contribution in [2.24, 2.45) is 0 Å². The number of urea groups is 2. The van der Waals surface area contributed by atoms with Crippen LogP contribution in [0.5, 0.6) is 23.1 Å². The molecule has 5 aromatic heterocycles. The maximum absolute atomic E-state index is 12.9. The molecule has 294 valence electrons. The van der Waals surface area contributed by atoms with Crippen molar-refractivity contribution in [2.45, 2.75) is 32.0 Å². The van der Waals surface area contributed by atoms with Gasteiger partial charge in [0.2, 0.25) is 6.67 Å². The summed E-state index contributed by atoms with van der Waals surface area (Å²) < 4.78 is 29.1. The second-order valence-corrected chi connectivity index (χ2v) is 13.3. The Bertz CT molecular complexity index is 2500. The van der Waals surface area contributed by atoms with E-state index in [0.29, 0.717) is 107 Å². The van der Waals surface area contributed by atoms with Gasteiger partial charge in [-0.25, -0.2) is 19.6 Å². The normalized spacial score (nSPS) is 14.4. The molecule has 6 aromatic rings. The Labute approximate surface area is 324 Å². The summed E-state index contributed by atoms with van der Waals surface area (Å²) in [5.41, 5.74) is 2.99. The molecular weight excluding hydrogens is 738 g/mol. The highest BCUT2D eigenvalue weighted by atomic mass is 16.6. The summed E-state index contributed by atoms with van der Waals surface area (Å²) in [5.74, 6) is 4.33. The smallest absolute Gasteiger partial charge is 0.415 e. The molecule has 0 saturated heterocycles. The SMILES string of the molecule is CNC(=O)Nc1cnn2c(NC)cc(Nc3cc[n+](CNc4cc(Nc5cccc6c5OCCO6)nc5c(NC(=O)NC6CCC6)cnn45)c4c3OCCO4)nc12. The van der Waals surface area contributed by atoms with Gasteiger partial charge >= 0.3 is 17.9 Å². The number of anilines is 8. The van der Waals surface area contributed by atoms with Crippen molar-refractivity contribution in [3.63, 3.8) is 0 Å². The zero-order valence-corrected chi connectivity index (χ0v) is 31.0. The van der Waals surface area contributed by atoms with E-state index in [0.717, 1.165) is 19.3 Å². The van der Waals surface area contributed by atoms with Gasteiger partial charge in [-0.05, 0) is 31.4 Å². The first-order chi connectivity index (χ1) is 27.9. The zero-order valence-electron chi connectivity index (χ0n) is 31.0. The topological polar surface area (TPSA) is 232 Å². The molecule has 0 unspecified atom stereocenters. The van der Waals surface area contributed by atoms with Crippen molar-refractivity contribution >= 4 is 69.4 Å². The average Bonchev–Trinajstić information content (AvgIpc) is 3.82. The van der Waals surface area contributed by atoms with Gasteiger partial charge in [0.05, 0.1) is 23.8 Å². The van der Waals surface area contributed by atoms with Crippen molar-refractivity contribution in [1.82, 2.24) is 39.8 Å². The van der Waals surface area contributed by atoms with E-state index in [9.17, 15) is 9.59 Å². The van der Waals surface area contributed by atoms with E-state index in [1.807, 2.05) is 41.1 Å². The fraction of sp³-hybridized carbons (Fsp3) is 0.306. The van der Waals surface area contributed by atoms with Crippen molar-refractivity contribution in [3.05, 3.63) is 55.0 Å². The van der Waals surface area contributed by atoms with E-state index in [2.05, 4.69) is 52.7 Å². The predicted octanol–water partition coefficient (Wildman–Crippen LogP) is 3.63. The molecule has 3 aliphatic rings. The van der Waals surface area contributed by atoms with Crippen molar-refractivity contribution in [1.29, 1.82) is 0 Å². The molecule has 1 fully saturated rings. The average molecular weight is 779 g/mol. The van der Waals surface area contributed by atoms with Crippen molar-refractivity contribution < 1.29 is 33.1 Å². The van der Waals surface area contributed by atoms with E-state index < -0.39 is 6.03 Å². The lowest BCUT2D eigenvalue weighted by Crippen LogP contribution is -2.42. The third kappa shape index (κ3) is 7.00. The molecule has 4 amide bonds. The molecule has 1 saturated carbocycles. The lowest BCUT2D eigenvalue weighted by molar-refractivity contribution is -0.697. The van der Waals surface area contributed by atoms with Crippen LogP contribution < -0.4 is 66.0 Å². The number of hydrogen-bond donors (Lipinski definition) is 8. The number of para-hydroxylation sites is 1. The van der Waals surface area contributed by atoms with Crippen LogP contribution in [0.2, 0.25) is 0 Å². The quantitative estimate of drug-likeness (QED) is 0.0879. The Balaban J connectivity index is 1.01. The highest BCUT2D eigenvalue weighted by molar-refractivity contribution is 5.94. The molecule has 7 heterocycles. The Hall–Kier alpha value is -7.45. The van der Waals surface area contributed by atoms with E-state index in [1.54, 1.807) is 28.3 Å². The van der Waals surface area contributed by atoms with Gasteiger partial charge in [0.1, 0.15) is 61.1 Å². The molecule has 1 aliphatic carbocycles. The van der Waals surface area contributed by atoms with Crippen LogP contribution in [-0.4, -0.2) is 87.8 Å². The van der Waals surface area contributed by atoms with Crippen molar-refractivity contribution in [2.75, 3.05) is 72.4 Å². The number of pyridine rings is 1. The summed E-state index contributed by atoms with van der Waals surface area (Å²) in [6, 6.07) is 10.5. The van der Waals surface area contributed by atoms with Crippen molar-refractivity contribution in [3.8, 4) is 23.1 Å². The Morgan fingerprint density at radius 3 is 2.12 bits per heavy atom. The number of carbonyl (C=O) groups is 2. The van der Waals surface area contributed by atoms with Gasteiger partial charge < -0.3 is 61.5 Å². The number of fused-ring (bicyclic) bond motifs is 4. The summed E-state index contributed by atoms with van der Waals surface area (Å²) in [4.78, 5) is 34.6.